The molecule has 0 unspecified atom stereocenters. The van der Waals surface area contributed by atoms with Crippen molar-refractivity contribution in [3.63, 3.8) is 0 Å². The molecule has 0 bridgehead atoms. The molecule has 1 fully saturated rings. The van der Waals surface area contributed by atoms with E-state index in [1.54, 1.807) is 4.31 Å². The number of nitrogens with zero attached hydrogens (tertiary/aromatic N) is 1. The molecule has 5 heteroatoms. The molecule has 16 heavy (non-hydrogen) atoms. The van der Waals surface area contributed by atoms with Gasteiger partial charge < -0.3 is 5.32 Å². The maximum atomic E-state index is 11.3. The van der Waals surface area contributed by atoms with E-state index in [1.165, 1.54) is 6.26 Å². The first-order valence-corrected chi connectivity index (χ1v) is 7.90. The van der Waals surface area contributed by atoms with E-state index in [0.29, 0.717) is 24.9 Å². The lowest BCUT2D eigenvalue weighted by Gasteiger charge is -2.30. The summed E-state index contributed by atoms with van der Waals surface area (Å²) in [6.45, 7) is 7.83. The largest absolute Gasteiger partial charge is 0.316 e. The Balaban J connectivity index is 2.22. The van der Waals surface area contributed by atoms with E-state index in [0.717, 1.165) is 25.9 Å². The second-order valence-electron chi connectivity index (χ2n) is 5.16. The number of sulfonamides is 1. The van der Waals surface area contributed by atoms with Gasteiger partial charge in [-0.05, 0) is 37.8 Å². The summed E-state index contributed by atoms with van der Waals surface area (Å²) in [5.74, 6) is 1.31. The maximum Gasteiger partial charge on any atom is 0.211 e. The van der Waals surface area contributed by atoms with Gasteiger partial charge in [0, 0.05) is 13.1 Å². The molecule has 1 aliphatic rings. The summed E-state index contributed by atoms with van der Waals surface area (Å²) >= 11 is 0. The molecule has 0 atom stereocenters. The van der Waals surface area contributed by atoms with Crippen molar-refractivity contribution in [2.45, 2.75) is 26.7 Å². The third kappa shape index (κ3) is 4.80. The van der Waals surface area contributed by atoms with Gasteiger partial charge in [0.25, 0.3) is 0 Å². The molecule has 96 valence electrons. The molecule has 1 saturated heterocycles. The molecule has 1 aliphatic heterocycles. The van der Waals surface area contributed by atoms with Crippen LogP contribution in [-0.2, 0) is 10.0 Å². The van der Waals surface area contributed by atoms with Crippen LogP contribution in [-0.4, -0.2) is 45.2 Å². The van der Waals surface area contributed by atoms with Crippen LogP contribution >= 0.6 is 0 Å². The second kappa shape index (κ2) is 5.98. The van der Waals surface area contributed by atoms with Gasteiger partial charge in [-0.15, -0.1) is 0 Å². The Labute approximate surface area is 99.5 Å². The smallest absolute Gasteiger partial charge is 0.211 e. The minimum absolute atomic E-state index is 0.636. The van der Waals surface area contributed by atoms with Gasteiger partial charge in [-0.25, -0.2) is 12.7 Å². The Morgan fingerprint density at radius 3 is 2.31 bits per heavy atom. The van der Waals surface area contributed by atoms with Gasteiger partial charge >= 0.3 is 0 Å². The van der Waals surface area contributed by atoms with E-state index in [4.69, 9.17) is 0 Å². The number of nitrogens with one attached hydrogen (secondary N) is 1. The molecule has 0 spiro atoms. The van der Waals surface area contributed by atoms with Crippen molar-refractivity contribution in [3.8, 4) is 0 Å². The van der Waals surface area contributed by atoms with Gasteiger partial charge in [-0.2, -0.15) is 0 Å². The van der Waals surface area contributed by atoms with Crippen LogP contribution in [0.25, 0.3) is 0 Å². The predicted octanol–water partition coefficient (Wildman–Crippen LogP) is 0.904. The van der Waals surface area contributed by atoms with Gasteiger partial charge in [-0.3, -0.25) is 0 Å². The molecule has 1 heterocycles. The molecule has 0 aromatic carbocycles. The molecule has 0 aliphatic carbocycles. The first-order valence-electron chi connectivity index (χ1n) is 6.05. The van der Waals surface area contributed by atoms with Crippen molar-refractivity contribution in [1.29, 1.82) is 0 Å². The van der Waals surface area contributed by atoms with Crippen molar-refractivity contribution in [2.24, 2.45) is 11.8 Å². The highest BCUT2D eigenvalue weighted by molar-refractivity contribution is 7.88. The number of rotatable bonds is 5. The Bertz CT molecular complexity index is 293. The van der Waals surface area contributed by atoms with Crippen LogP contribution in [0.3, 0.4) is 0 Å². The fraction of sp³-hybridized carbons (Fsp3) is 1.00. The highest BCUT2D eigenvalue weighted by Crippen LogP contribution is 2.18. The van der Waals surface area contributed by atoms with E-state index in [1.807, 2.05) is 0 Å². The zero-order chi connectivity index (χ0) is 12.2. The standard InChI is InChI=1S/C11H24N2O2S/c1-10(2)8-12-9-11-4-6-13(7-5-11)16(3,14)15/h10-12H,4-9H2,1-3H3. The Morgan fingerprint density at radius 2 is 1.88 bits per heavy atom. The Hall–Kier alpha value is -0.130. The summed E-state index contributed by atoms with van der Waals surface area (Å²) in [5, 5.41) is 3.44. The molecule has 0 aromatic heterocycles. The van der Waals surface area contributed by atoms with E-state index in [-0.39, 0.29) is 0 Å². The monoisotopic (exact) mass is 248 g/mol. The van der Waals surface area contributed by atoms with Crippen molar-refractivity contribution in [2.75, 3.05) is 32.4 Å². The summed E-state index contributed by atoms with van der Waals surface area (Å²) in [6.07, 6.45) is 3.26. The fourth-order valence-electron chi connectivity index (χ4n) is 2.02. The molecular weight excluding hydrogens is 224 g/mol. The Morgan fingerprint density at radius 1 is 1.31 bits per heavy atom. The summed E-state index contributed by atoms with van der Waals surface area (Å²) in [5.41, 5.74) is 0. The molecule has 1 rings (SSSR count). The van der Waals surface area contributed by atoms with Crippen LogP contribution in [0.2, 0.25) is 0 Å². The third-order valence-corrected chi connectivity index (χ3v) is 4.33. The minimum Gasteiger partial charge on any atom is -0.316 e. The third-order valence-electron chi connectivity index (χ3n) is 3.03. The molecule has 0 radical (unpaired) electrons. The molecule has 0 saturated carbocycles. The molecule has 0 aromatic rings. The predicted molar refractivity (Wildman–Crippen MR) is 66.8 cm³/mol. The van der Waals surface area contributed by atoms with Crippen LogP contribution in [0.4, 0.5) is 0 Å². The van der Waals surface area contributed by atoms with Crippen molar-refractivity contribution >= 4 is 10.0 Å². The molecular formula is C11H24N2O2S. The van der Waals surface area contributed by atoms with E-state index >= 15 is 0 Å². The van der Waals surface area contributed by atoms with Crippen molar-refractivity contribution in [3.05, 3.63) is 0 Å². The average molecular weight is 248 g/mol. The zero-order valence-electron chi connectivity index (χ0n) is 10.6. The topological polar surface area (TPSA) is 49.4 Å². The minimum atomic E-state index is -2.97. The van der Waals surface area contributed by atoms with Crippen LogP contribution < -0.4 is 5.32 Å². The van der Waals surface area contributed by atoms with Crippen LogP contribution in [0.5, 0.6) is 0 Å². The van der Waals surface area contributed by atoms with Gasteiger partial charge in [0.05, 0.1) is 6.26 Å². The van der Waals surface area contributed by atoms with E-state index in [2.05, 4.69) is 19.2 Å². The summed E-state index contributed by atoms with van der Waals surface area (Å²) < 4.78 is 24.2. The highest BCUT2D eigenvalue weighted by atomic mass is 32.2. The van der Waals surface area contributed by atoms with Crippen molar-refractivity contribution in [1.82, 2.24) is 9.62 Å². The molecule has 0 amide bonds. The normalized spacial score (nSPS) is 20.5. The summed E-state index contributed by atoms with van der Waals surface area (Å²) in [6, 6.07) is 0. The lowest BCUT2D eigenvalue weighted by Crippen LogP contribution is -2.40. The van der Waals surface area contributed by atoms with Crippen LogP contribution in [0.1, 0.15) is 26.7 Å². The van der Waals surface area contributed by atoms with Crippen LogP contribution in [0.15, 0.2) is 0 Å². The second-order valence-corrected chi connectivity index (χ2v) is 7.14. The van der Waals surface area contributed by atoms with Gasteiger partial charge in [0.15, 0.2) is 0 Å². The zero-order valence-corrected chi connectivity index (χ0v) is 11.4. The van der Waals surface area contributed by atoms with Gasteiger partial charge in [-0.1, -0.05) is 13.8 Å². The quantitative estimate of drug-likeness (QED) is 0.786. The first-order chi connectivity index (χ1) is 7.39. The highest BCUT2D eigenvalue weighted by Gasteiger charge is 2.24. The van der Waals surface area contributed by atoms with Crippen molar-refractivity contribution < 1.29 is 8.42 Å². The van der Waals surface area contributed by atoms with Gasteiger partial charge in [0.2, 0.25) is 10.0 Å². The van der Waals surface area contributed by atoms with Crippen LogP contribution in [0, 0.1) is 11.8 Å². The number of hydrogen-bond acceptors (Lipinski definition) is 3. The average Bonchev–Trinajstić information content (AvgIpc) is 2.16. The maximum absolute atomic E-state index is 11.3. The Kier molecular flexibility index (Phi) is 5.21. The van der Waals surface area contributed by atoms with E-state index in [9.17, 15) is 8.42 Å². The summed E-state index contributed by atoms with van der Waals surface area (Å²) in [7, 11) is -2.97. The fourth-order valence-corrected chi connectivity index (χ4v) is 2.90. The van der Waals surface area contributed by atoms with Gasteiger partial charge in [0.1, 0.15) is 0 Å². The lowest BCUT2D eigenvalue weighted by molar-refractivity contribution is 0.267. The lowest BCUT2D eigenvalue weighted by atomic mass is 9.98. The SMILES string of the molecule is CC(C)CNCC1CCN(S(C)(=O)=O)CC1. The number of piperidine rings is 1. The molecule has 4 nitrogen and oxygen atoms in total. The summed E-state index contributed by atoms with van der Waals surface area (Å²) in [4.78, 5) is 0. The molecule has 1 N–H and O–H groups in total. The first kappa shape index (κ1) is 13.9. The number of hydrogen-bond donors (Lipinski definition) is 1. The van der Waals surface area contributed by atoms with E-state index < -0.39 is 10.0 Å².